The molecule has 0 N–H and O–H groups in total. The first-order valence-electron chi connectivity index (χ1n) is 10.5. The predicted octanol–water partition coefficient (Wildman–Crippen LogP) is 4.68. The van der Waals surface area contributed by atoms with Crippen LogP contribution in [0.15, 0.2) is 60.7 Å². The summed E-state index contributed by atoms with van der Waals surface area (Å²) >= 11 is 0. The fourth-order valence-corrected chi connectivity index (χ4v) is 4.02. The second kappa shape index (κ2) is 10.3. The van der Waals surface area contributed by atoms with Crippen molar-refractivity contribution >= 4 is 6.29 Å². The van der Waals surface area contributed by atoms with Gasteiger partial charge in [0.15, 0.2) is 5.79 Å². The van der Waals surface area contributed by atoms with Gasteiger partial charge in [0.25, 0.3) is 0 Å². The molecule has 0 spiro atoms. The van der Waals surface area contributed by atoms with Gasteiger partial charge >= 0.3 is 0 Å². The van der Waals surface area contributed by atoms with Crippen LogP contribution in [0.5, 0.6) is 0 Å². The molecule has 1 unspecified atom stereocenters. The lowest BCUT2D eigenvalue weighted by molar-refractivity contribution is -0.212. The molecule has 2 aromatic rings. The highest BCUT2D eigenvalue weighted by Crippen LogP contribution is 2.41. The zero-order chi connectivity index (χ0) is 21.5. The summed E-state index contributed by atoms with van der Waals surface area (Å²) in [5, 5.41) is 0. The van der Waals surface area contributed by atoms with Gasteiger partial charge in [-0.3, -0.25) is 0 Å². The SMILES string of the molecule is C[C@H]1OC(C)(C)O[C@@]1(COCc1ccccc1)C(CCC=O)OCc1ccccc1. The summed E-state index contributed by atoms with van der Waals surface area (Å²) in [4.78, 5) is 11.2. The number of hydrogen-bond donors (Lipinski definition) is 0. The topological polar surface area (TPSA) is 54.0 Å². The number of ether oxygens (including phenoxy) is 4. The summed E-state index contributed by atoms with van der Waals surface area (Å²) < 4.78 is 25.0. The monoisotopic (exact) mass is 412 g/mol. The molecular formula is C25H32O5. The molecule has 1 aliphatic heterocycles. The quantitative estimate of drug-likeness (QED) is 0.502. The van der Waals surface area contributed by atoms with Crippen molar-refractivity contribution in [3.05, 3.63) is 71.8 Å². The van der Waals surface area contributed by atoms with E-state index in [0.717, 1.165) is 17.4 Å². The lowest BCUT2D eigenvalue weighted by Crippen LogP contribution is -2.54. The van der Waals surface area contributed by atoms with Crippen molar-refractivity contribution in [2.45, 2.75) is 70.4 Å². The smallest absolute Gasteiger partial charge is 0.164 e. The van der Waals surface area contributed by atoms with Crippen molar-refractivity contribution in [2.75, 3.05) is 6.61 Å². The molecule has 5 nitrogen and oxygen atoms in total. The molecule has 0 saturated carbocycles. The minimum atomic E-state index is -0.809. The summed E-state index contributed by atoms with van der Waals surface area (Å²) in [6.07, 6.45) is 1.24. The van der Waals surface area contributed by atoms with Crippen molar-refractivity contribution in [3.8, 4) is 0 Å². The van der Waals surface area contributed by atoms with Crippen LogP contribution in [0, 0.1) is 0 Å². The fourth-order valence-electron chi connectivity index (χ4n) is 4.02. The van der Waals surface area contributed by atoms with E-state index in [1.807, 2.05) is 81.4 Å². The average Bonchev–Trinajstić information content (AvgIpc) is 2.98. The van der Waals surface area contributed by atoms with Crippen LogP contribution in [0.25, 0.3) is 0 Å². The van der Waals surface area contributed by atoms with Gasteiger partial charge in [0.05, 0.1) is 32.0 Å². The van der Waals surface area contributed by atoms with E-state index in [9.17, 15) is 4.79 Å². The van der Waals surface area contributed by atoms with E-state index >= 15 is 0 Å². The van der Waals surface area contributed by atoms with Gasteiger partial charge < -0.3 is 23.7 Å². The summed E-state index contributed by atoms with van der Waals surface area (Å²) in [7, 11) is 0. The number of rotatable bonds is 11. The lowest BCUT2D eigenvalue weighted by Gasteiger charge is -2.38. The van der Waals surface area contributed by atoms with Crippen molar-refractivity contribution in [3.63, 3.8) is 0 Å². The number of carbonyl (C=O) groups excluding carboxylic acids is 1. The van der Waals surface area contributed by atoms with Gasteiger partial charge in [0.2, 0.25) is 0 Å². The molecule has 162 valence electrons. The van der Waals surface area contributed by atoms with E-state index in [1.165, 1.54) is 0 Å². The Morgan fingerprint density at radius 2 is 1.60 bits per heavy atom. The molecule has 2 aromatic carbocycles. The summed E-state index contributed by atoms with van der Waals surface area (Å²) in [6.45, 7) is 7.00. The van der Waals surface area contributed by atoms with E-state index < -0.39 is 11.4 Å². The van der Waals surface area contributed by atoms with Crippen molar-refractivity contribution in [1.29, 1.82) is 0 Å². The Hall–Kier alpha value is -2.05. The Bertz CT molecular complexity index is 777. The van der Waals surface area contributed by atoms with Crippen LogP contribution in [-0.4, -0.2) is 36.5 Å². The molecule has 1 heterocycles. The zero-order valence-corrected chi connectivity index (χ0v) is 18.1. The van der Waals surface area contributed by atoms with Crippen LogP contribution < -0.4 is 0 Å². The maximum atomic E-state index is 11.2. The van der Waals surface area contributed by atoms with Gasteiger partial charge in [-0.1, -0.05) is 60.7 Å². The molecule has 0 bridgehead atoms. The summed E-state index contributed by atoms with van der Waals surface area (Å²) in [5.74, 6) is -0.759. The molecule has 3 atom stereocenters. The van der Waals surface area contributed by atoms with Crippen molar-refractivity contribution in [1.82, 2.24) is 0 Å². The Morgan fingerprint density at radius 1 is 1.00 bits per heavy atom. The Balaban J connectivity index is 1.78. The number of aldehydes is 1. The van der Waals surface area contributed by atoms with Gasteiger partial charge in [-0.05, 0) is 38.3 Å². The molecule has 0 amide bonds. The molecule has 1 aliphatic rings. The van der Waals surface area contributed by atoms with E-state index in [2.05, 4.69) is 0 Å². The molecule has 0 aromatic heterocycles. The fraction of sp³-hybridized carbons (Fsp3) is 0.480. The lowest BCUT2D eigenvalue weighted by atomic mass is 9.88. The predicted molar refractivity (Wildman–Crippen MR) is 115 cm³/mol. The zero-order valence-electron chi connectivity index (χ0n) is 18.1. The van der Waals surface area contributed by atoms with Crippen molar-refractivity contribution < 1.29 is 23.7 Å². The van der Waals surface area contributed by atoms with Gasteiger partial charge in [-0.25, -0.2) is 0 Å². The Kier molecular flexibility index (Phi) is 7.78. The number of carbonyl (C=O) groups is 1. The summed E-state index contributed by atoms with van der Waals surface area (Å²) in [6, 6.07) is 20.0. The first-order valence-corrected chi connectivity index (χ1v) is 10.5. The first kappa shape index (κ1) is 22.6. The van der Waals surface area contributed by atoms with Gasteiger partial charge in [0.1, 0.15) is 11.9 Å². The third kappa shape index (κ3) is 5.76. The van der Waals surface area contributed by atoms with Gasteiger partial charge in [-0.15, -0.1) is 0 Å². The molecule has 0 radical (unpaired) electrons. The second-order valence-electron chi connectivity index (χ2n) is 8.22. The molecule has 0 aliphatic carbocycles. The van der Waals surface area contributed by atoms with E-state index in [0.29, 0.717) is 32.7 Å². The number of hydrogen-bond acceptors (Lipinski definition) is 5. The minimum Gasteiger partial charge on any atom is -0.374 e. The summed E-state index contributed by atoms with van der Waals surface area (Å²) in [5.41, 5.74) is 1.35. The maximum absolute atomic E-state index is 11.2. The Labute approximate surface area is 179 Å². The third-order valence-corrected chi connectivity index (χ3v) is 5.41. The largest absolute Gasteiger partial charge is 0.374 e. The van der Waals surface area contributed by atoms with Crippen molar-refractivity contribution in [2.24, 2.45) is 0 Å². The Morgan fingerprint density at radius 3 is 2.13 bits per heavy atom. The van der Waals surface area contributed by atoms with E-state index in [4.69, 9.17) is 18.9 Å². The van der Waals surface area contributed by atoms with Crippen LogP contribution in [-0.2, 0) is 37.0 Å². The van der Waals surface area contributed by atoms with Gasteiger partial charge in [0, 0.05) is 6.42 Å². The van der Waals surface area contributed by atoms with Gasteiger partial charge in [-0.2, -0.15) is 0 Å². The third-order valence-electron chi connectivity index (χ3n) is 5.41. The average molecular weight is 413 g/mol. The van der Waals surface area contributed by atoms with Crippen LogP contribution in [0.4, 0.5) is 0 Å². The molecule has 5 heteroatoms. The highest BCUT2D eigenvalue weighted by Gasteiger charge is 2.56. The second-order valence-corrected chi connectivity index (χ2v) is 8.22. The van der Waals surface area contributed by atoms with E-state index in [-0.39, 0.29) is 12.2 Å². The molecule has 1 saturated heterocycles. The first-order chi connectivity index (χ1) is 14.5. The highest BCUT2D eigenvalue weighted by atomic mass is 16.8. The highest BCUT2D eigenvalue weighted by molar-refractivity contribution is 5.49. The molecule has 3 rings (SSSR count). The van der Waals surface area contributed by atoms with Crippen LogP contribution in [0.2, 0.25) is 0 Å². The standard InChI is InChI=1S/C25H32O5/c1-20-25(30-24(2,3)29-20,19-27-17-21-11-6-4-7-12-21)23(15-10-16-26)28-18-22-13-8-5-9-14-22/h4-9,11-14,16,20,23H,10,15,17-19H2,1-3H3/t20-,23?,25-/m1/s1. The minimum absolute atomic E-state index is 0.254. The molecule has 1 fully saturated rings. The van der Waals surface area contributed by atoms with Crippen LogP contribution >= 0.6 is 0 Å². The molecular weight excluding hydrogens is 380 g/mol. The normalized spacial score (nSPS) is 23.9. The number of benzene rings is 2. The van der Waals surface area contributed by atoms with E-state index in [1.54, 1.807) is 0 Å². The van der Waals surface area contributed by atoms with Crippen LogP contribution in [0.1, 0.15) is 44.7 Å². The maximum Gasteiger partial charge on any atom is 0.164 e. The molecule has 30 heavy (non-hydrogen) atoms. The van der Waals surface area contributed by atoms with Crippen LogP contribution in [0.3, 0.4) is 0 Å².